The van der Waals surface area contributed by atoms with E-state index in [1.807, 2.05) is 6.92 Å². The van der Waals surface area contributed by atoms with Crippen LogP contribution in [0.5, 0.6) is 5.75 Å². The first kappa shape index (κ1) is 19.2. The molecule has 1 heterocycles. The summed E-state index contributed by atoms with van der Waals surface area (Å²) in [6.45, 7) is 2.35. The molecule has 3 rings (SSSR count). The lowest BCUT2D eigenvalue weighted by molar-refractivity contribution is -0.113. The maximum absolute atomic E-state index is 13.4. The molecule has 1 saturated heterocycles. The SMILES string of the molecule is CCOc1ccc(Cl)cc1/C=C1/SC(=S)N(c2ccc(F)c(Cl)c2)C1=O. The van der Waals surface area contributed by atoms with Gasteiger partial charge in [-0.1, -0.05) is 47.2 Å². The molecule has 1 aliphatic heterocycles. The van der Waals surface area contributed by atoms with Gasteiger partial charge in [-0.25, -0.2) is 4.39 Å². The Morgan fingerprint density at radius 2 is 2.04 bits per heavy atom. The van der Waals surface area contributed by atoms with Crippen LogP contribution in [0.1, 0.15) is 12.5 Å². The Morgan fingerprint density at radius 1 is 1.27 bits per heavy atom. The van der Waals surface area contributed by atoms with Crippen LogP contribution in [0.15, 0.2) is 41.3 Å². The second-order valence-corrected chi connectivity index (χ2v) is 7.75. The molecule has 0 aliphatic carbocycles. The Bertz CT molecular complexity index is 933. The first-order valence-electron chi connectivity index (χ1n) is 7.56. The van der Waals surface area contributed by atoms with Crippen LogP contribution < -0.4 is 9.64 Å². The fourth-order valence-corrected chi connectivity index (χ4v) is 4.02. The third kappa shape index (κ3) is 3.88. The average molecular weight is 428 g/mol. The minimum absolute atomic E-state index is 0.0750. The van der Waals surface area contributed by atoms with Gasteiger partial charge in [0, 0.05) is 10.6 Å². The number of hydrogen-bond acceptors (Lipinski definition) is 4. The molecule has 0 aromatic heterocycles. The average Bonchev–Trinajstić information content (AvgIpc) is 2.87. The van der Waals surface area contributed by atoms with Gasteiger partial charge in [0.15, 0.2) is 4.32 Å². The maximum atomic E-state index is 13.4. The van der Waals surface area contributed by atoms with Crippen molar-refractivity contribution in [2.75, 3.05) is 11.5 Å². The molecule has 0 saturated carbocycles. The summed E-state index contributed by atoms with van der Waals surface area (Å²) < 4.78 is 19.3. The molecule has 2 aromatic rings. The van der Waals surface area contributed by atoms with Crippen LogP contribution in [0.3, 0.4) is 0 Å². The Balaban J connectivity index is 1.97. The minimum Gasteiger partial charge on any atom is -0.493 e. The van der Waals surface area contributed by atoms with Gasteiger partial charge in [0.05, 0.1) is 22.2 Å². The lowest BCUT2D eigenvalue weighted by atomic mass is 10.1. The van der Waals surface area contributed by atoms with Gasteiger partial charge in [-0.05, 0) is 49.4 Å². The molecular formula is C18H12Cl2FNO2S2. The van der Waals surface area contributed by atoms with Gasteiger partial charge in [-0.2, -0.15) is 0 Å². The quantitative estimate of drug-likeness (QED) is 0.446. The number of thiocarbonyl (C=S) groups is 1. The highest BCUT2D eigenvalue weighted by Gasteiger charge is 2.33. The second-order valence-electron chi connectivity index (χ2n) is 5.23. The second kappa shape index (κ2) is 7.96. The predicted octanol–water partition coefficient (Wildman–Crippen LogP) is 5.94. The lowest BCUT2D eigenvalue weighted by Gasteiger charge is -2.14. The zero-order chi connectivity index (χ0) is 18.8. The number of amides is 1. The third-order valence-corrected chi connectivity index (χ3v) is 5.34. The zero-order valence-electron chi connectivity index (χ0n) is 13.5. The van der Waals surface area contributed by atoms with E-state index in [2.05, 4.69) is 0 Å². The van der Waals surface area contributed by atoms with E-state index in [0.717, 1.165) is 11.8 Å². The highest BCUT2D eigenvalue weighted by Crippen LogP contribution is 2.38. The molecule has 0 N–H and O–H groups in total. The number of halogens is 3. The first-order chi connectivity index (χ1) is 12.4. The highest BCUT2D eigenvalue weighted by molar-refractivity contribution is 8.27. The summed E-state index contributed by atoms with van der Waals surface area (Å²) in [5.74, 6) is -0.256. The molecule has 26 heavy (non-hydrogen) atoms. The van der Waals surface area contributed by atoms with Crippen molar-refractivity contribution in [3.05, 3.63) is 62.7 Å². The summed E-state index contributed by atoms with van der Waals surface area (Å²) in [4.78, 5) is 14.5. The van der Waals surface area contributed by atoms with Gasteiger partial charge >= 0.3 is 0 Å². The molecule has 3 nitrogen and oxygen atoms in total. The minimum atomic E-state index is -0.559. The summed E-state index contributed by atoms with van der Waals surface area (Å²) >= 11 is 18.3. The van der Waals surface area contributed by atoms with E-state index < -0.39 is 5.82 Å². The summed E-state index contributed by atoms with van der Waals surface area (Å²) in [6, 6.07) is 9.21. The molecule has 1 fully saturated rings. The van der Waals surface area contributed by atoms with Crippen molar-refractivity contribution in [3.8, 4) is 5.75 Å². The number of thioether (sulfide) groups is 1. The molecule has 0 atom stereocenters. The largest absolute Gasteiger partial charge is 0.493 e. The van der Waals surface area contributed by atoms with E-state index in [0.29, 0.717) is 37.9 Å². The molecule has 1 aliphatic rings. The van der Waals surface area contributed by atoms with Crippen LogP contribution >= 0.6 is 47.2 Å². The van der Waals surface area contributed by atoms with Crippen molar-refractivity contribution in [1.82, 2.24) is 0 Å². The molecule has 0 spiro atoms. The van der Waals surface area contributed by atoms with Gasteiger partial charge in [-0.3, -0.25) is 9.69 Å². The summed E-state index contributed by atoms with van der Waals surface area (Å²) in [5, 5.41) is 0.453. The number of carbonyl (C=O) groups excluding carboxylic acids is 1. The lowest BCUT2D eigenvalue weighted by Crippen LogP contribution is -2.27. The zero-order valence-corrected chi connectivity index (χ0v) is 16.6. The van der Waals surface area contributed by atoms with Crippen LogP contribution in [0, 0.1) is 5.82 Å². The van der Waals surface area contributed by atoms with E-state index in [-0.39, 0.29) is 10.9 Å². The molecule has 0 unspecified atom stereocenters. The highest BCUT2D eigenvalue weighted by atomic mass is 35.5. The van der Waals surface area contributed by atoms with E-state index >= 15 is 0 Å². The molecule has 2 aromatic carbocycles. The number of anilines is 1. The Morgan fingerprint density at radius 3 is 2.73 bits per heavy atom. The smallest absolute Gasteiger partial charge is 0.270 e. The fraction of sp³-hybridized carbons (Fsp3) is 0.111. The number of nitrogens with zero attached hydrogens (tertiary/aromatic N) is 1. The molecule has 134 valence electrons. The standard InChI is InChI=1S/C18H12Cl2FNO2S2/c1-2-24-15-6-3-11(19)7-10(15)8-16-17(23)22(18(25)26-16)12-4-5-14(21)13(20)9-12/h3-9H,2H2,1H3/b16-8+. The van der Waals surface area contributed by atoms with Crippen LogP contribution in [-0.2, 0) is 4.79 Å². The molecule has 0 radical (unpaired) electrons. The molecule has 0 bridgehead atoms. The number of ether oxygens (including phenoxy) is 1. The number of benzene rings is 2. The van der Waals surface area contributed by atoms with Crippen molar-refractivity contribution >= 4 is 69.2 Å². The van der Waals surface area contributed by atoms with E-state index in [4.69, 9.17) is 40.2 Å². The summed E-state index contributed by atoms with van der Waals surface area (Å²) in [5.41, 5.74) is 1.09. The maximum Gasteiger partial charge on any atom is 0.270 e. The van der Waals surface area contributed by atoms with Crippen LogP contribution in [0.4, 0.5) is 10.1 Å². The van der Waals surface area contributed by atoms with Crippen LogP contribution in [0.25, 0.3) is 6.08 Å². The summed E-state index contributed by atoms with van der Waals surface area (Å²) in [6.07, 6.45) is 1.68. The third-order valence-electron chi connectivity index (χ3n) is 3.51. The van der Waals surface area contributed by atoms with E-state index in [1.165, 1.54) is 23.1 Å². The van der Waals surface area contributed by atoms with Crippen molar-refractivity contribution in [1.29, 1.82) is 0 Å². The summed E-state index contributed by atoms with van der Waals surface area (Å²) in [7, 11) is 0. The Kier molecular flexibility index (Phi) is 5.87. The van der Waals surface area contributed by atoms with Crippen LogP contribution in [-0.4, -0.2) is 16.8 Å². The van der Waals surface area contributed by atoms with Crippen molar-refractivity contribution in [2.24, 2.45) is 0 Å². The van der Waals surface area contributed by atoms with Gasteiger partial charge < -0.3 is 4.74 Å². The number of rotatable bonds is 4. The van der Waals surface area contributed by atoms with Gasteiger partial charge in [0.1, 0.15) is 11.6 Å². The topological polar surface area (TPSA) is 29.5 Å². The fourth-order valence-electron chi connectivity index (χ4n) is 2.37. The Hall–Kier alpha value is -1.60. The number of hydrogen-bond donors (Lipinski definition) is 0. The van der Waals surface area contributed by atoms with Crippen LogP contribution in [0.2, 0.25) is 10.0 Å². The predicted molar refractivity (Wildman–Crippen MR) is 110 cm³/mol. The molecular weight excluding hydrogens is 416 g/mol. The van der Waals surface area contributed by atoms with Crippen molar-refractivity contribution in [3.63, 3.8) is 0 Å². The Labute approximate surface area is 169 Å². The normalized spacial score (nSPS) is 15.8. The monoisotopic (exact) mass is 427 g/mol. The van der Waals surface area contributed by atoms with Crippen molar-refractivity contribution < 1.29 is 13.9 Å². The van der Waals surface area contributed by atoms with Gasteiger partial charge in [0.25, 0.3) is 5.91 Å². The molecule has 8 heteroatoms. The number of carbonyl (C=O) groups is 1. The van der Waals surface area contributed by atoms with E-state index in [1.54, 1.807) is 24.3 Å². The van der Waals surface area contributed by atoms with Crippen molar-refractivity contribution in [2.45, 2.75) is 6.92 Å². The first-order valence-corrected chi connectivity index (χ1v) is 9.54. The van der Waals surface area contributed by atoms with E-state index in [9.17, 15) is 9.18 Å². The van der Waals surface area contributed by atoms with Gasteiger partial charge in [0.2, 0.25) is 0 Å². The van der Waals surface area contributed by atoms with Gasteiger partial charge in [-0.15, -0.1) is 0 Å². The molecule has 1 amide bonds.